The molecule has 0 aliphatic heterocycles. The summed E-state index contributed by atoms with van der Waals surface area (Å²) >= 11 is 0. The van der Waals surface area contributed by atoms with Crippen LogP contribution < -0.4 is 11.3 Å². The fourth-order valence-electron chi connectivity index (χ4n) is 1.65. The van der Waals surface area contributed by atoms with Gasteiger partial charge in [0.25, 0.3) is 0 Å². The maximum Gasteiger partial charge on any atom is 0.248 e. The van der Waals surface area contributed by atoms with Crippen LogP contribution in [0, 0.1) is 0 Å². The number of anilines is 1. The van der Waals surface area contributed by atoms with E-state index >= 15 is 0 Å². The highest BCUT2D eigenvalue weighted by Crippen LogP contribution is 2.24. The lowest BCUT2D eigenvalue weighted by molar-refractivity contribution is 0.619. The number of aromatic amines is 1. The number of nitrogens with two attached hydrogens (primary N) is 1. The molecule has 0 amide bonds. The van der Waals surface area contributed by atoms with Crippen molar-refractivity contribution >= 4 is 16.8 Å². The van der Waals surface area contributed by atoms with E-state index in [1.807, 2.05) is 0 Å². The van der Waals surface area contributed by atoms with Crippen molar-refractivity contribution in [1.29, 1.82) is 0 Å². The first kappa shape index (κ1) is 9.65. The normalized spacial score (nSPS) is 10.8. The molecule has 3 aromatic rings. The van der Waals surface area contributed by atoms with Gasteiger partial charge in [-0.2, -0.15) is 0 Å². The van der Waals surface area contributed by atoms with Crippen LogP contribution in [0.2, 0.25) is 0 Å². The monoisotopic (exact) mass is 227 g/mol. The molecule has 3 rings (SSSR count). The van der Waals surface area contributed by atoms with Crippen molar-refractivity contribution in [1.82, 2.24) is 9.97 Å². The summed E-state index contributed by atoms with van der Waals surface area (Å²) in [5, 5.41) is 0. The van der Waals surface area contributed by atoms with Crippen molar-refractivity contribution in [2.24, 2.45) is 0 Å². The Labute approximate surface area is 95.9 Å². The van der Waals surface area contributed by atoms with Gasteiger partial charge >= 0.3 is 0 Å². The third-order valence-electron chi connectivity index (χ3n) is 2.43. The molecule has 0 unspecified atom stereocenters. The second-order valence-corrected chi connectivity index (χ2v) is 3.69. The third-order valence-corrected chi connectivity index (χ3v) is 2.43. The number of pyridine rings is 1. The van der Waals surface area contributed by atoms with E-state index in [-0.39, 0.29) is 5.56 Å². The topological polar surface area (TPSA) is 84.9 Å². The number of H-pyrrole nitrogens is 1. The van der Waals surface area contributed by atoms with Gasteiger partial charge in [0.15, 0.2) is 5.58 Å². The SMILES string of the molecule is Nc1ccc2oc(-c3cc[nH]c(=O)c3)nc2c1. The first-order valence-electron chi connectivity index (χ1n) is 5.07. The maximum absolute atomic E-state index is 11.2. The average Bonchev–Trinajstić information content (AvgIpc) is 2.72. The summed E-state index contributed by atoms with van der Waals surface area (Å²) in [5.41, 5.74) is 8.07. The van der Waals surface area contributed by atoms with Gasteiger partial charge in [0.2, 0.25) is 11.4 Å². The largest absolute Gasteiger partial charge is 0.436 e. The lowest BCUT2D eigenvalue weighted by Crippen LogP contribution is -2.01. The van der Waals surface area contributed by atoms with Crippen molar-refractivity contribution < 1.29 is 4.42 Å². The molecule has 17 heavy (non-hydrogen) atoms. The highest BCUT2D eigenvalue weighted by atomic mass is 16.3. The predicted molar refractivity (Wildman–Crippen MR) is 64.5 cm³/mol. The molecule has 5 nitrogen and oxygen atoms in total. The van der Waals surface area contributed by atoms with Gasteiger partial charge in [0.1, 0.15) is 5.52 Å². The van der Waals surface area contributed by atoms with E-state index in [2.05, 4.69) is 9.97 Å². The summed E-state index contributed by atoms with van der Waals surface area (Å²) in [6.45, 7) is 0. The van der Waals surface area contributed by atoms with Crippen LogP contribution in [0.3, 0.4) is 0 Å². The highest BCUT2D eigenvalue weighted by molar-refractivity contribution is 5.79. The van der Waals surface area contributed by atoms with E-state index in [0.29, 0.717) is 28.2 Å². The Morgan fingerprint density at radius 3 is 2.94 bits per heavy atom. The number of oxazole rings is 1. The molecule has 1 aromatic carbocycles. The molecule has 2 aromatic heterocycles. The van der Waals surface area contributed by atoms with E-state index in [1.54, 1.807) is 30.5 Å². The van der Waals surface area contributed by atoms with E-state index in [4.69, 9.17) is 10.2 Å². The van der Waals surface area contributed by atoms with Gasteiger partial charge in [0, 0.05) is 23.5 Å². The first-order valence-corrected chi connectivity index (χ1v) is 5.07. The van der Waals surface area contributed by atoms with E-state index in [1.165, 1.54) is 6.07 Å². The van der Waals surface area contributed by atoms with Gasteiger partial charge in [-0.25, -0.2) is 4.98 Å². The number of benzene rings is 1. The number of aromatic nitrogens is 2. The van der Waals surface area contributed by atoms with Crippen LogP contribution in [0.1, 0.15) is 0 Å². The van der Waals surface area contributed by atoms with Gasteiger partial charge in [-0.05, 0) is 24.3 Å². The number of hydrogen-bond acceptors (Lipinski definition) is 4. The molecule has 0 spiro atoms. The van der Waals surface area contributed by atoms with Crippen LogP contribution in [0.5, 0.6) is 0 Å². The molecule has 0 saturated heterocycles. The smallest absolute Gasteiger partial charge is 0.248 e. The minimum atomic E-state index is -0.190. The fraction of sp³-hybridized carbons (Fsp3) is 0. The Hall–Kier alpha value is -2.56. The minimum Gasteiger partial charge on any atom is -0.436 e. The van der Waals surface area contributed by atoms with Crippen LogP contribution in [0.15, 0.2) is 45.7 Å². The summed E-state index contributed by atoms with van der Waals surface area (Å²) in [4.78, 5) is 18.0. The molecule has 3 N–H and O–H groups in total. The number of fused-ring (bicyclic) bond motifs is 1. The molecule has 0 aliphatic carbocycles. The van der Waals surface area contributed by atoms with Crippen molar-refractivity contribution in [3.63, 3.8) is 0 Å². The number of rotatable bonds is 1. The second kappa shape index (κ2) is 3.48. The Morgan fingerprint density at radius 1 is 1.24 bits per heavy atom. The third kappa shape index (κ3) is 1.67. The molecule has 0 aliphatic rings. The Kier molecular flexibility index (Phi) is 1.98. The Bertz CT molecular complexity index is 743. The zero-order valence-electron chi connectivity index (χ0n) is 8.81. The summed E-state index contributed by atoms with van der Waals surface area (Å²) in [7, 11) is 0. The summed E-state index contributed by atoms with van der Waals surface area (Å²) in [6.07, 6.45) is 1.56. The van der Waals surface area contributed by atoms with Gasteiger partial charge in [-0.3, -0.25) is 4.79 Å². The van der Waals surface area contributed by atoms with E-state index < -0.39 is 0 Å². The minimum absolute atomic E-state index is 0.190. The molecule has 0 fully saturated rings. The summed E-state index contributed by atoms with van der Waals surface area (Å²) in [5.74, 6) is 0.414. The number of nitrogen functional groups attached to an aromatic ring is 1. The summed E-state index contributed by atoms with van der Waals surface area (Å²) < 4.78 is 5.54. The first-order chi connectivity index (χ1) is 8.22. The lowest BCUT2D eigenvalue weighted by Gasteiger charge is -1.91. The van der Waals surface area contributed by atoms with Crippen LogP contribution in [0.4, 0.5) is 5.69 Å². The molecule has 5 heteroatoms. The lowest BCUT2D eigenvalue weighted by atomic mass is 10.3. The standard InChI is InChI=1S/C12H9N3O2/c13-8-1-2-10-9(6-8)15-12(17-10)7-3-4-14-11(16)5-7/h1-6H,13H2,(H,14,16). The molecule has 0 radical (unpaired) electrons. The van der Waals surface area contributed by atoms with Crippen molar-refractivity contribution in [2.75, 3.05) is 5.73 Å². The van der Waals surface area contributed by atoms with Crippen molar-refractivity contribution in [3.8, 4) is 11.5 Å². The number of hydrogen-bond donors (Lipinski definition) is 2. The van der Waals surface area contributed by atoms with Crippen molar-refractivity contribution in [2.45, 2.75) is 0 Å². The molecule has 0 atom stereocenters. The predicted octanol–water partition coefficient (Wildman–Crippen LogP) is 1.77. The zero-order valence-corrected chi connectivity index (χ0v) is 8.81. The van der Waals surface area contributed by atoms with Crippen LogP contribution in [-0.2, 0) is 0 Å². The molecule has 0 bridgehead atoms. The van der Waals surface area contributed by atoms with Crippen molar-refractivity contribution in [3.05, 3.63) is 46.9 Å². The Balaban J connectivity index is 2.21. The van der Waals surface area contributed by atoms with Crippen LogP contribution in [-0.4, -0.2) is 9.97 Å². The van der Waals surface area contributed by atoms with Crippen LogP contribution in [0.25, 0.3) is 22.6 Å². The molecule has 84 valence electrons. The summed E-state index contributed by atoms with van der Waals surface area (Å²) in [6, 6.07) is 8.41. The number of nitrogens with zero attached hydrogens (tertiary/aromatic N) is 1. The maximum atomic E-state index is 11.2. The molecule has 0 saturated carbocycles. The zero-order chi connectivity index (χ0) is 11.8. The van der Waals surface area contributed by atoms with E-state index in [0.717, 1.165) is 0 Å². The highest BCUT2D eigenvalue weighted by Gasteiger charge is 2.08. The molecule has 2 heterocycles. The number of nitrogens with one attached hydrogen (secondary N) is 1. The molecular weight excluding hydrogens is 218 g/mol. The van der Waals surface area contributed by atoms with Gasteiger partial charge in [-0.1, -0.05) is 0 Å². The quantitative estimate of drug-likeness (QED) is 0.620. The van der Waals surface area contributed by atoms with Gasteiger partial charge in [-0.15, -0.1) is 0 Å². The second-order valence-electron chi connectivity index (χ2n) is 3.69. The van der Waals surface area contributed by atoms with E-state index in [9.17, 15) is 4.79 Å². The van der Waals surface area contributed by atoms with Gasteiger partial charge < -0.3 is 15.1 Å². The molecular formula is C12H9N3O2. The fourth-order valence-corrected chi connectivity index (χ4v) is 1.65. The Morgan fingerprint density at radius 2 is 2.12 bits per heavy atom. The average molecular weight is 227 g/mol. The van der Waals surface area contributed by atoms with Crippen LogP contribution >= 0.6 is 0 Å². The van der Waals surface area contributed by atoms with Gasteiger partial charge in [0.05, 0.1) is 0 Å².